The SMILES string of the molecule is CCN(Cc1ccccc1CCNC)CC(C)C. The summed E-state index contributed by atoms with van der Waals surface area (Å²) in [6.45, 7) is 11.3. The summed E-state index contributed by atoms with van der Waals surface area (Å²) in [4.78, 5) is 2.53. The van der Waals surface area contributed by atoms with E-state index in [4.69, 9.17) is 0 Å². The van der Waals surface area contributed by atoms with E-state index in [1.807, 2.05) is 7.05 Å². The van der Waals surface area contributed by atoms with E-state index in [2.05, 4.69) is 55.3 Å². The lowest BCUT2D eigenvalue weighted by molar-refractivity contribution is 0.248. The average Bonchev–Trinajstić information content (AvgIpc) is 2.36. The van der Waals surface area contributed by atoms with E-state index in [0.29, 0.717) is 0 Å². The van der Waals surface area contributed by atoms with Gasteiger partial charge in [0.15, 0.2) is 0 Å². The van der Waals surface area contributed by atoms with Gasteiger partial charge in [0.2, 0.25) is 0 Å². The molecule has 0 saturated heterocycles. The summed E-state index contributed by atoms with van der Waals surface area (Å²) in [6, 6.07) is 8.83. The molecule has 1 N–H and O–H groups in total. The van der Waals surface area contributed by atoms with Crippen molar-refractivity contribution in [3.05, 3.63) is 35.4 Å². The van der Waals surface area contributed by atoms with Crippen LogP contribution < -0.4 is 5.32 Å². The number of nitrogens with zero attached hydrogens (tertiary/aromatic N) is 1. The third-order valence-corrected chi connectivity index (χ3v) is 3.23. The Morgan fingerprint density at radius 1 is 1.17 bits per heavy atom. The molecule has 0 amide bonds. The molecule has 0 aliphatic rings. The standard InChI is InChI=1S/C16H28N2/c1-5-18(12-14(2)3)13-16-9-7-6-8-15(16)10-11-17-4/h6-9,14,17H,5,10-13H2,1-4H3. The Morgan fingerprint density at radius 3 is 2.39 bits per heavy atom. The maximum Gasteiger partial charge on any atom is 0.0236 e. The molecule has 102 valence electrons. The van der Waals surface area contributed by atoms with Crippen LogP contribution in [0, 0.1) is 5.92 Å². The van der Waals surface area contributed by atoms with Crippen LogP contribution in [0.25, 0.3) is 0 Å². The van der Waals surface area contributed by atoms with Gasteiger partial charge in [-0.25, -0.2) is 0 Å². The van der Waals surface area contributed by atoms with Gasteiger partial charge >= 0.3 is 0 Å². The van der Waals surface area contributed by atoms with Crippen LogP contribution >= 0.6 is 0 Å². The topological polar surface area (TPSA) is 15.3 Å². The first kappa shape index (κ1) is 15.2. The number of benzene rings is 1. The minimum atomic E-state index is 0.731. The molecule has 18 heavy (non-hydrogen) atoms. The molecule has 0 aliphatic carbocycles. The monoisotopic (exact) mass is 248 g/mol. The largest absolute Gasteiger partial charge is 0.319 e. The second kappa shape index (κ2) is 8.28. The third kappa shape index (κ3) is 5.19. The molecule has 0 heterocycles. The first-order valence-electron chi connectivity index (χ1n) is 7.11. The fraction of sp³-hybridized carbons (Fsp3) is 0.625. The molecular formula is C16H28N2. The highest BCUT2D eigenvalue weighted by Crippen LogP contribution is 2.13. The number of likely N-dealkylation sites (N-methyl/N-ethyl adjacent to an activating group) is 1. The van der Waals surface area contributed by atoms with Crippen molar-refractivity contribution in [2.75, 3.05) is 26.7 Å². The van der Waals surface area contributed by atoms with E-state index < -0.39 is 0 Å². The predicted molar refractivity (Wildman–Crippen MR) is 79.9 cm³/mol. The predicted octanol–water partition coefficient (Wildman–Crippen LogP) is 2.93. The van der Waals surface area contributed by atoms with Gasteiger partial charge in [-0.2, -0.15) is 0 Å². The van der Waals surface area contributed by atoms with Gasteiger partial charge in [-0.15, -0.1) is 0 Å². The molecule has 0 aliphatic heterocycles. The lowest BCUT2D eigenvalue weighted by atomic mass is 10.0. The molecule has 2 nitrogen and oxygen atoms in total. The van der Waals surface area contributed by atoms with Crippen LogP contribution in [-0.4, -0.2) is 31.6 Å². The summed E-state index contributed by atoms with van der Waals surface area (Å²) in [5.74, 6) is 0.731. The van der Waals surface area contributed by atoms with Crippen LogP contribution in [0.2, 0.25) is 0 Å². The van der Waals surface area contributed by atoms with Crippen molar-refractivity contribution in [2.45, 2.75) is 33.7 Å². The summed E-state index contributed by atoms with van der Waals surface area (Å²) in [5.41, 5.74) is 2.96. The van der Waals surface area contributed by atoms with Gasteiger partial charge < -0.3 is 5.32 Å². The Balaban J connectivity index is 2.69. The van der Waals surface area contributed by atoms with Crippen molar-refractivity contribution in [1.29, 1.82) is 0 Å². The van der Waals surface area contributed by atoms with Crippen LogP contribution in [0.4, 0.5) is 0 Å². The van der Waals surface area contributed by atoms with Crippen molar-refractivity contribution in [3.63, 3.8) is 0 Å². The number of rotatable bonds is 8. The van der Waals surface area contributed by atoms with Crippen molar-refractivity contribution in [2.24, 2.45) is 5.92 Å². The van der Waals surface area contributed by atoms with Crippen LogP contribution in [0.5, 0.6) is 0 Å². The van der Waals surface area contributed by atoms with E-state index in [1.54, 1.807) is 0 Å². The van der Waals surface area contributed by atoms with Gasteiger partial charge in [-0.3, -0.25) is 4.90 Å². The van der Waals surface area contributed by atoms with Gasteiger partial charge in [0.1, 0.15) is 0 Å². The summed E-state index contributed by atoms with van der Waals surface area (Å²) < 4.78 is 0. The molecular weight excluding hydrogens is 220 g/mol. The quantitative estimate of drug-likeness (QED) is 0.761. The molecule has 0 unspecified atom stereocenters. The fourth-order valence-electron chi connectivity index (χ4n) is 2.28. The van der Waals surface area contributed by atoms with Crippen LogP contribution in [0.3, 0.4) is 0 Å². The van der Waals surface area contributed by atoms with E-state index in [9.17, 15) is 0 Å². The van der Waals surface area contributed by atoms with Crippen LogP contribution in [-0.2, 0) is 13.0 Å². The summed E-state index contributed by atoms with van der Waals surface area (Å²) in [6.07, 6.45) is 1.12. The molecule has 1 rings (SSSR count). The van der Waals surface area contributed by atoms with E-state index >= 15 is 0 Å². The highest BCUT2D eigenvalue weighted by Gasteiger charge is 2.08. The minimum absolute atomic E-state index is 0.731. The van der Waals surface area contributed by atoms with Crippen LogP contribution in [0.1, 0.15) is 31.9 Å². The van der Waals surface area contributed by atoms with Crippen molar-refractivity contribution >= 4 is 0 Å². The maximum atomic E-state index is 3.23. The molecule has 0 radical (unpaired) electrons. The fourth-order valence-corrected chi connectivity index (χ4v) is 2.28. The van der Waals surface area contributed by atoms with E-state index in [1.165, 1.54) is 17.7 Å². The maximum absolute atomic E-state index is 3.23. The molecule has 1 aromatic carbocycles. The first-order chi connectivity index (χ1) is 8.67. The van der Waals surface area contributed by atoms with Gasteiger partial charge in [0, 0.05) is 13.1 Å². The second-order valence-corrected chi connectivity index (χ2v) is 5.34. The van der Waals surface area contributed by atoms with Crippen molar-refractivity contribution < 1.29 is 0 Å². The Labute approximate surface area is 112 Å². The Kier molecular flexibility index (Phi) is 6.99. The smallest absolute Gasteiger partial charge is 0.0236 e. The van der Waals surface area contributed by atoms with E-state index in [0.717, 1.165) is 32.0 Å². The van der Waals surface area contributed by atoms with Gasteiger partial charge in [0.05, 0.1) is 0 Å². The van der Waals surface area contributed by atoms with Gasteiger partial charge in [-0.1, -0.05) is 45.0 Å². The van der Waals surface area contributed by atoms with Crippen LogP contribution in [0.15, 0.2) is 24.3 Å². The molecule has 0 saturated carbocycles. The Morgan fingerprint density at radius 2 is 1.83 bits per heavy atom. The zero-order valence-corrected chi connectivity index (χ0v) is 12.4. The lowest BCUT2D eigenvalue weighted by Gasteiger charge is -2.24. The highest BCUT2D eigenvalue weighted by molar-refractivity contribution is 5.27. The highest BCUT2D eigenvalue weighted by atomic mass is 15.1. The van der Waals surface area contributed by atoms with Gasteiger partial charge in [0.25, 0.3) is 0 Å². The zero-order valence-electron chi connectivity index (χ0n) is 12.4. The lowest BCUT2D eigenvalue weighted by Crippen LogP contribution is -2.27. The van der Waals surface area contributed by atoms with Crippen molar-refractivity contribution in [1.82, 2.24) is 10.2 Å². The number of hydrogen-bond donors (Lipinski definition) is 1. The third-order valence-electron chi connectivity index (χ3n) is 3.23. The second-order valence-electron chi connectivity index (χ2n) is 5.34. The molecule has 0 fully saturated rings. The number of hydrogen-bond acceptors (Lipinski definition) is 2. The molecule has 0 atom stereocenters. The van der Waals surface area contributed by atoms with Gasteiger partial charge in [-0.05, 0) is 43.6 Å². The Hall–Kier alpha value is -0.860. The molecule has 0 spiro atoms. The zero-order chi connectivity index (χ0) is 13.4. The molecule has 0 bridgehead atoms. The first-order valence-corrected chi connectivity index (χ1v) is 7.11. The molecule has 0 aromatic heterocycles. The normalized spacial score (nSPS) is 11.4. The summed E-state index contributed by atoms with van der Waals surface area (Å²) in [7, 11) is 2.01. The summed E-state index contributed by atoms with van der Waals surface area (Å²) >= 11 is 0. The average molecular weight is 248 g/mol. The summed E-state index contributed by atoms with van der Waals surface area (Å²) in [5, 5.41) is 3.23. The molecule has 2 heteroatoms. The number of nitrogens with one attached hydrogen (secondary N) is 1. The Bertz CT molecular complexity index is 334. The van der Waals surface area contributed by atoms with Crippen molar-refractivity contribution in [3.8, 4) is 0 Å². The minimum Gasteiger partial charge on any atom is -0.319 e. The van der Waals surface area contributed by atoms with E-state index in [-0.39, 0.29) is 0 Å². The molecule has 1 aromatic rings.